The maximum atomic E-state index is 9.15. The van der Waals surface area contributed by atoms with E-state index in [1.165, 1.54) is 0 Å². The lowest BCUT2D eigenvalue weighted by Crippen LogP contribution is -1.96. The van der Waals surface area contributed by atoms with E-state index in [2.05, 4.69) is 4.84 Å². The summed E-state index contributed by atoms with van der Waals surface area (Å²) in [6, 6.07) is 6.75. The number of hydrogen-bond donors (Lipinski definition) is 2. The van der Waals surface area contributed by atoms with E-state index in [0.29, 0.717) is 11.3 Å². The molecule has 0 aliphatic rings. The topological polar surface area (TPSA) is 68.6 Å². The highest BCUT2D eigenvalue weighted by Gasteiger charge is 2.03. The molecular weight excluding hydrogens is 170 g/mol. The highest BCUT2D eigenvalue weighted by atomic mass is 16.6. The smallest absolute Gasteiger partial charge is 0.138 e. The first kappa shape index (κ1) is 8.10. The first-order valence-electron chi connectivity index (χ1n) is 3.83. The van der Waals surface area contributed by atoms with Crippen LogP contribution in [-0.4, -0.2) is 5.11 Å². The third kappa shape index (κ3) is 1.49. The summed E-state index contributed by atoms with van der Waals surface area (Å²) in [6.45, 7) is 0.232. The van der Waals surface area contributed by atoms with Gasteiger partial charge in [-0.05, 0) is 18.2 Å². The number of rotatable bonds is 2. The van der Waals surface area contributed by atoms with Gasteiger partial charge in [0.1, 0.15) is 23.7 Å². The Balaban J connectivity index is 2.49. The molecule has 4 heteroatoms. The Hall–Kier alpha value is -1.52. The minimum Gasteiger partial charge on any atom is -0.508 e. The third-order valence-electron chi connectivity index (χ3n) is 1.78. The summed E-state index contributed by atoms with van der Waals surface area (Å²) in [5, 5.41) is 10.1. The second-order valence-corrected chi connectivity index (χ2v) is 2.75. The van der Waals surface area contributed by atoms with Crippen molar-refractivity contribution in [2.45, 2.75) is 6.61 Å². The van der Waals surface area contributed by atoms with Gasteiger partial charge in [-0.25, -0.2) is 5.90 Å². The summed E-state index contributed by atoms with van der Waals surface area (Å²) in [5.41, 5.74) is 0.632. The summed E-state index contributed by atoms with van der Waals surface area (Å²) >= 11 is 0. The van der Waals surface area contributed by atoms with E-state index >= 15 is 0 Å². The molecule has 1 heterocycles. The fourth-order valence-corrected chi connectivity index (χ4v) is 1.23. The summed E-state index contributed by atoms with van der Waals surface area (Å²) in [7, 11) is 0. The molecule has 4 nitrogen and oxygen atoms in total. The second-order valence-electron chi connectivity index (χ2n) is 2.75. The maximum Gasteiger partial charge on any atom is 0.138 e. The SMILES string of the molecule is NOCc1cc2ccc(O)cc2o1. The van der Waals surface area contributed by atoms with Crippen molar-refractivity contribution in [1.82, 2.24) is 0 Å². The lowest BCUT2D eigenvalue weighted by molar-refractivity contribution is 0.110. The zero-order valence-corrected chi connectivity index (χ0v) is 6.86. The van der Waals surface area contributed by atoms with Crippen molar-refractivity contribution < 1.29 is 14.4 Å². The predicted molar refractivity (Wildman–Crippen MR) is 46.9 cm³/mol. The average molecular weight is 179 g/mol. The van der Waals surface area contributed by atoms with E-state index in [9.17, 15) is 0 Å². The van der Waals surface area contributed by atoms with Crippen LogP contribution >= 0.6 is 0 Å². The lowest BCUT2D eigenvalue weighted by atomic mass is 10.2. The van der Waals surface area contributed by atoms with Crippen LogP contribution in [0.3, 0.4) is 0 Å². The van der Waals surface area contributed by atoms with E-state index in [1.807, 2.05) is 6.07 Å². The van der Waals surface area contributed by atoms with Crippen LogP contribution in [0.1, 0.15) is 5.76 Å². The van der Waals surface area contributed by atoms with Crippen molar-refractivity contribution in [3.05, 3.63) is 30.0 Å². The van der Waals surface area contributed by atoms with Crippen LogP contribution in [0.25, 0.3) is 11.0 Å². The molecule has 2 aromatic rings. The number of fused-ring (bicyclic) bond motifs is 1. The van der Waals surface area contributed by atoms with Gasteiger partial charge in [-0.3, -0.25) is 4.84 Å². The molecule has 0 saturated heterocycles. The number of benzene rings is 1. The average Bonchev–Trinajstić information content (AvgIpc) is 2.46. The Morgan fingerprint density at radius 1 is 1.38 bits per heavy atom. The molecule has 0 aliphatic carbocycles. The number of phenolic OH excluding ortho intramolecular Hbond substituents is 1. The van der Waals surface area contributed by atoms with Crippen molar-refractivity contribution in [3.8, 4) is 5.75 Å². The molecule has 13 heavy (non-hydrogen) atoms. The molecule has 2 rings (SSSR count). The third-order valence-corrected chi connectivity index (χ3v) is 1.78. The largest absolute Gasteiger partial charge is 0.508 e. The van der Waals surface area contributed by atoms with Crippen molar-refractivity contribution in [2.75, 3.05) is 0 Å². The van der Waals surface area contributed by atoms with Crippen molar-refractivity contribution in [3.63, 3.8) is 0 Å². The summed E-state index contributed by atoms with van der Waals surface area (Å²) in [6.07, 6.45) is 0. The Kier molecular flexibility index (Phi) is 1.92. The first-order valence-corrected chi connectivity index (χ1v) is 3.83. The minimum atomic E-state index is 0.182. The van der Waals surface area contributed by atoms with E-state index in [0.717, 1.165) is 5.39 Å². The molecule has 0 fully saturated rings. The van der Waals surface area contributed by atoms with Crippen LogP contribution in [0.2, 0.25) is 0 Å². The Morgan fingerprint density at radius 2 is 2.23 bits per heavy atom. The van der Waals surface area contributed by atoms with Crippen LogP contribution < -0.4 is 5.90 Å². The molecule has 0 radical (unpaired) electrons. The van der Waals surface area contributed by atoms with Gasteiger partial charge in [0.2, 0.25) is 0 Å². The van der Waals surface area contributed by atoms with Crippen molar-refractivity contribution >= 4 is 11.0 Å². The van der Waals surface area contributed by atoms with Crippen LogP contribution in [-0.2, 0) is 11.4 Å². The van der Waals surface area contributed by atoms with Gasteiger partial charge in [-0.2, -0.15) is 0 Å². The Bertz CT molecular complexity index is 422. The first-order chi connectivity index (χ1) is 6.29. The van der Waals surface area contributed by atoms with Gasteiger partial charge in [0.05, 0.1) is 0 Å². The predicted octanol–water partition coefficient (Wildman–Crippen LogP) is 1.53. The molecule has 3 N–H and O–H groups in total. The van der Waals surface area contributed by atoms with Gasteiger partial charge in [0.15, 0.2) is 0 Å². The highest BCUT2D eigenvalue weighted by Crippen LogP contribution is 2.23. The summed E-state index contributed by atoms with van der Waals surface area (Å²) < 4.78 is 5.32. The Labute approximate surface area is 74.5 Å². The fraction of sp³-hybridized carbons (Fsp3) is 0.111. The van der Waals surface area contributed by atoms with Crippen LogP contribution in [0.5, 0.6) is 5.75 Å². The molecule has 0 unspecified atom stereocenters. The Morgan fingerprint density at radius 3 is 3.00 bits per heavy atom. The van der Waals surface area contributed by atoms with E-state index in [-0.39, 0.29) is 12.4 Å². The summed E-state index contributed by atoms with van der Waals surface area (Å²) in [4.78, 5) is 4.43. The monoisotopic (exact) mass is 179 g/mol. The van der Waals surface area contributed by atoms with E-state index in [1.54, 1.807) is 18.2 Å². The molecule has 1 aromatic carbocycles. The molecule has 0 atom stereocenters. The minimum absolute atomic E-state index is 0.182. The normalized spacial score (nSPS) is 10.8. The van der Waals surface area contributed by atoms with Gasteiger partial charge in [0, 0.05) is 11.5 Å². The molecular formula is C9H9NO3. The zero-order valence-electron chi connectivity index (χ0n) is 6.86. The molecule has 0 saturated carbocycles. The fourth-order valence-electron chi connectivity index (χ4n) is 1.23. The molecule has 0 amide bonds. The number of nitrogens with two attached hydrogens (primary N) is 1. The number of furan rings is 1. The molecule has 0 bridgehead atoms. The van der Waals surface area contributed by atoms with Crippen molar-refractivity contribution in [2.24, 2.45) is 5.90 Å². The van der Waals surface area contributed by atoms with Gasteiger partial charge in [-0.15, -0.1) is 0 Å². The number of aromatic hydroxyl groups is 1. The van der Waals surface area contributed by atoms with Crippen LogP contribution in [0.15, 0.2) is 28.7 Å². The van der Waals surface area contributed by atoms with E-state index in [4.69, 9.17) is 15.4 Å². The lowest BCUT2D eigenvalue weighted by Gasteiger charge is -1.90. The van der Waals surface area contributed by atoms with Crippen LogP contribution in [0.4, 0.5) is 0 Å². The van der Waals surface area contributed by atoms with Gasteiger partial charge >= 0.3 is 0 Å². The number of phenols is 1. The molecule has 68 valence electrons. The van der Waals surface area contributed by atoms with Gasteiger partial charge in [-0.1, -0.05) is 0 Å². The van der Waals surface area contributed by atoms with Gasteiger partial charge < -0.3 is 9.52 Å². The zero-order chi connectivity index (χ0) is 9.26. The second kappa shape index (κ2) is 3.08. The van der Waals surface area contributed by atoms with E-state index < -0.39 is 0 Å². The maximum absolute atomic E-state index is 9.15. The highest BCUT2D eigenvalue weighted by molar-refractivity contribution is 5.79. The number of hydrogen-bond acceptors (Lipinski definition) is 4. The molecule has 1 aromatic heterocycles. The standard InChI is InChI=1S/C9H9NO3/c10-12-5-8-3-6-1-2-7(11)4-9(6)13-8/h1-4,11H,5,10H2. The summed E-state index contributed by atoms with van der Waals surface area (Å²) in [5.74, 6) is 5.73. The molecule has 0 aliphatic heterocycles. The molecule has 0 spiro atoms. The van der Waals surface area contributed by atoms with Gasteiger partial charge in [0.25, 0.3) is 0 Å². The quantitative estimate of drug-likeness (QED) is 0.686. The van der Waals surface area contributed by atoms with Crippen LogP contribution in [0, 0.1) is 0 Å². The van der Waals surface area contributed by atoms with Crippen molar-refractivity contribution in [1.29, 1.82) is 0 Å².